The average Bonchev–Trinajstić information content (AvgIpc) is 3.55. The smallest absolute Gasteiger partial charge is 0.266 e. The van der Waals surface area contributed by atoms with E-state index in [0.29, 0.717) is 16.7 Å². The van der Waals surface area contributed by atoms with Crippen molar-refractivity contribution in [3.05, 3.63) is 120 Å². The lowest BCUT2D eigenvalue weighted by Crippen LogP contribution is -2.17. The van der Waals surface area contributed by atoms with Gasteiger partial charge in [-0.2, -0.15) is 20.0 Å². The molecule has 0 spiro atoms. The molecule has 6 aromatic rings. The molecule has 0 aliphatic rings. The number of rotatable bonds is 5. The first kappa shape index (κ1) is 20.4. The van der Waals surface area contributed by atoms with Crippen molar-refractivity contribution in [2.75, 3.05) is 0 Å². The van der Waals surface area contributed by atoms with Crippen LogP contribution in [-0.4, -0.2) is 40.4 Å². The van der Waals surface area contributed by atoms with E-state index in [0.717, 1.165) is 22.5 Å². The lowest BCUT2D eigenvalue weighted by Gasteiger charge is -2.02. The molecule has 4 aromatic heterocycles. The van der Waals surface area contributed by atoms with Crippen LogP contribution in [0.25, 0.3) is 33.7 Å². The first-order valence-electron chi connectivity index (χ1n) is 10.9. The molecule has 0 amide bonds. The Hall–Kier alpha value is -5.18. The van der Waals surface area contributed by atoms with Crippen molar-refractivity contribution in [1.82, 2.24) is 34.2 Å². The van der Waals surface area contributed by atoms with Crippen LogP contribution in [0, 0.1) is 0 Å². The summed E-state index contributed by atoms with van der Waals surface area (Å²) in [6.45, 7) is 0. The molecule has 0 bridgehead atoms. The van der Waals surface area contributed by atoms with E-state index in [1.807, 2.05) is 79.0 Å². The van der Waals surface area contributed by atoms with Crippen molar-refractivity contribution in [2.24, 2.45) is 5.10 Å². The molecule has 0 radical (unpaired) electrons. The van der Waals surface area contributed by atoms with Crippen LogP contribution in [0.3, 0.4) is 0 Å². The second kappa shape index (κ2) is 8.64. The van der Waals surface area contributed by atoms with Crippen molar-refractivity contribution < 1.29 is 0 Å². The maximum Gasteiger partial charge on any atom is 0.285 e. The van der Waals surface area contributed by atoms with Gasteiger partial charge in [0.2, 0.25) is 0 Å². The number of fused-ring (bicyclic) bond motifs is 1. The minimum atomic E-state index is -0.313. The molecule has 35 heavy (non-hydrogen) atoms. The molecule has 2 aromatic carbocycles. The van der Waals surface area contributed by atoms with Crippen molar-refractivity contribution in [2.45, 2.75) is 0 Å². The molecule has 0 saturated carbocycles. The molecule has 0 aliphatic heterocycles. The monoisotopic (exact) mass is 458 g/mol. The van der Waals surface area contributed by atoms with E-state index in [9.17, 15) is 4.79 Å². The molecule has 6 rings (SSSR count). The van der Waals surface area contributed by atoms with Crippen LogP contribution >= 0.6 is 0 Å². The summed E-state index contributed by atoms with van der Waals surface area (Å²) in [5.41, 5.74) is 4.16. The van der Waals surface area contributed by atoms with E-state index in [1.54, 1.807) is 28.0 Å². The predicted molar refractivity (Wildman–Crippen MR) is 133 cm³/mol. The van der Waals surface area contributed by atoms with Crippen molar-refractivity contribution in [1.29, 1.82) is 0 Å². The van der Waals surface area contributed by atoms with Crippen LogP contribution in [-0.2, 0) is 0 Å². The molecule has 9 nitrogen and oxygen atoms in total. The quantitative estimate of drug-likeness (QED) is 0.367. The Morgan fingerprint density at radius 1 is 0.857 bits per heavy atom. The highest BCUT2D eigenvalue weighted by Gasteiger charge is 2.13. The first-order chi connectivity index (χ1) is 17.3. The molecule has 168 valence electrons. The summed E-state index contributed by atoms with van der Waals surface area (Å²) in [5.74, 6) is 0. The van der Waals surface area contributed by atoms with E-state index in [2.05, 4.69) is 20.2 Å². The van der Waals surface area contributed by atoms with Gasteiger partial charge in [-0.15, -0.1) is 0 Å². The fraction of sp³-hybridized carbons (Fsp3) is 0. The number of aromatic nitrogens is 7. The van der Waals surface area contributed by atoms with Crippen molar-refractivity contribution in [3.63, 3.8) is 0 Å². The third-order valence-corrected chi connectivity index (χ3v) is 5.49. The van der Waals surface area contributed by atoms with Gasteiger partial charge in [0, 0.05) is 29.7 Å². The molecule has 0 atom stereocenters. The maximum atomic E-state index is 13.1. The third-order valence-electron chi connectivity index (χ3n) is 5.49. The summed E-state index contributed by atoms with van der Waals surface area (Å²) in [5, 5.41) is 13.9. The van der Waals surface area contributed by atoms with E-state index < -0.39 is 0 Å². The maximum absolute atomic E-state index is 13.1. The zero-order chi connectivity index (χ0) is 23.6. The zero-order valence-corrected chi connectivity index (χ0v) is 18.4. The third kappa shape index (κ3) is 3.80. The van der Waals surface area contributed by atoms with Crippen LogP contribution in [0.15, 0.2) is 114 Å². The molecule has 9 heteroatoms. The first-order valence-corrected chi connectivity index (χ1v) is 10.9. The van der Waals surface area contributed by atoms with Gasteiger partial charge < -0.3 is 0 Å². The van der Waals surface area contributed by atoms with Gasteiger partial charge in [0.25, 0.3) is 5.56 Å². The minimum absolute atomic E-state index is 0.313. The predicted octanol–water partition coefficient (Wildman–Crippen LogP) is 3.71. The van der Waals surface area contributed by atoms with E-state index in [-0.39, 0.29) is 5.56 Å². The fourth-order valence-electron chi connectivity index (χ4n) is 3.79. The van der Waals surface area contributed by atoms with Crippen LogP contribution in [0.4, 0.5) is 0 Å². The van der Waals surface area contributed by atoms with Gasteiger partial charge in [-0.25, -0.2) is 14.3 Å². The molecule has 0 fully saturated rings. The molecule has 0 saturated heterocycles. The van der Waals surface area contributed by atoms with Gasteiger partial charge in [0.15, 0.2) is 5.65 Å². The fourth-order valence-corrected chi connectivity index (χ4v) is 3.79. The SMILES string of the molecule is O=c1c2cnn(-c3ccccc3)c2ncn1/N=C\c1cn(-c2ccccc2)nc1-c1cccnc1. The van der Waals surface area contributed by atoms with E-state index in [1.165, 1.54) is 17.2 Å². The second-order valence-electron chi connectivity index (χ2n) is 7.72. The summed E-state index contributed by atoms with van der Waals surface area (Å²) in [6, 6.07) is 23.1. The summed E-state index contributed by atoms with van der Waals surface area (Å²) < 4.78 is 4.61. The number of nitrogens with zero attached hydrogens (tertiary/aromatic N) is 8. The van der Waals surface area contributed by atoms with Crippen LogP contribution in [0.1, 0.15) is 5.56 Å². The summed E-state index contributed by atoms with van der Waals surface area (Å²) in [6.07, 6.45) is 9.83. The Kier molecular flexibility index (Phi) is 5.04. The Morgan fingerprint density at radius 2 is 1.63 bits per heavy atom. The number of para-hydroxylation sites is 2. The summed E-state index contributed by atoms with van der Waals surface area (Å²) in [7, 11) is 0. The largest absolute Gasteiger partial charge is 0.285 e. The summed E-state index contributed by atoms with van der Waals surface area (Å²) >= 11 is 0. The Labute approximate surface area is 199 Å². The molecule has 0 N–H and O–H groups in total. The highest BCUT2D eigenvalue weighted by atomic mass is 16.1. The van der Waals surface area contributed by atoms with Crippen molar-refractivity contribution >= 4 is 17.2 Å². The number of benzene rings is 2. The molecule has 4 heterocycles. The van der Waals surface area contributed by atoms with Crippen LogP contribution < -0.4 is 5.56 Å². The van der Waals surface area contributed by atoms with Crippen LogP contribution in [0.5, 0.6) is 0 Å². The van der Waals surface area contributed by atoms with Gasteiger partial charge in [-0.05, 0) is 36.4 Å². The van der Waals surface area contributed by atoms with Gasteiger partial charge in [-0.1, -0.05) is 36.4 Å². The van der Waals surface area contributed by atoms with Gasteiger partial charge in [0.05, 0.1) is 23.8 Å². The van der Waals surface area contributed by atoms with Gasteiger partial charge >= 0.3 is 0 Å². The molecular formula is C26H18N8O. The lowest BCUT2D eigenvalue weighted by molar-refractivity contribution is 0.809. The van der Waals surface area contributed by atoms with E-state index >= 15 is 0 Å². The highest BCUT2D eigenvalue weighted by Crippen LogP contribution is 2.22. The molecule has 0 unspecified atom stereocenters. The minimum Gasteiger partial charge on any atom is -0.266 e. The number of hydrogen-bond donors (Lipinski definition) is 0. The Morgan fingerprint density at radius 3 is 2.37 bits per heavy atom. The standard InChI is InChI=1S/C26H18N8O/c35-26-23-16-30-34(22-11-5-2-6-12-22)25(23)28-18-33(26)29-15-20-17-32(21-9-3-1-4-10-21)31-24(20)19-8-7-13-27-14-19/h1-18H/b29-15-. The Balaban J connectivity index is 1.41. The summed E-state index contributed by atoms with van der Waals surface area (Å²) in [4.78, 5) is 21.8. The molecular weight excluding hydrogens is 440 g/mol. The van der Waals surface area contributed by atoms with E-state index in [4.69, 9.17) is 5.10 Å². The van der Waals surface area contributed by atoms with Crippen molar-refractivity contribution in [3.8, 4) is 22.6 Å². The van der Waals surface area contributed by atoms with Crippen LogP contribution in [0.2, 0.25) is 0 Å². The topological polar surface area (TPSA) is 95.8 Å². The highest BCUT2D eigenvalue weighted by molar-refractivity contribution is 5.88. The van der Waals surface area contributed by atoms with Gasteiger partial charge in [-0.3, -0.25) is 9.78 Å². The number of hydrogen-bond acceptors (Lipinski definition) is 6. The van der Waals surface area contributed by atoms with Gasteiger partial charge in [0.1, 0.15) is 17.4 Å². The molecule has 0 aliphatic carbocycles. The zero-order valence-electron chi connectivity index (χ0n) is 18.4. The Bertz CT molecular complexity index is 1700. The lowest BCUT2D eigenvalue weighted by atomic mass is 10.1. The average molecular weight is 458 g/mol. The second-order valence-corrected chi connectivity index (χ2v) is 7.72. The normalized spacial score (nSPS) is 11.4. The number of pyridine rings is 1.